The Balaban J connectivity index is 2.38. The molecule has 0 bridgehead atoms. The van der Waals surface area contributed by atoms with Gasteiger partial charge in [-0.15, -0.1) is 0 Å². The SMILES string of the molecule is CC(C(O)CN)N1CCCOCC1. The lowest BCUT2D eigenvalue weighted by molar-refractivity contribution is 0.0604. The Labute approximate surface area is 79.7 Å². The minimum Gasteiger partial charge on any atom is -0.390 e. The molecule has 1 aliphatic rings. The van der Waals surface area contributed by atoms with E-state index < -0.39 is 6.10 Å². The molecule has 0 spiro atoms. The summed E-state index contributed by atoms with van der Waals surface area (Å²) in [6.07, 6.45) is 0.625. The first-order chi connectivity index (χ1) is 6.25. The first kappa shape index (κ1) is 10.9. The number of rotatable bonds is 3. The third kappa shape index (κ3) is 3.23. The summed E-state index contributed by atoms with van der Waals surface area (Å²) in [5.41, 5.74) is 5.41. The predicted molar refractivity (Wildman–Crippen MR) is 51.5 cm³/mol. The fourth-order valence-corrected chi connectivity index (χ4v) is 1.61. The Morgan fingerprint density at radius 1 is 1.46 bits per heavy atom. The topological polar surface area (TPSA) is 58.7 Å². The van der Waals surface area contributed by atoms with Gasteiger partial charge in [-0.25, -0.2) is 0 Å². The quantitative estimate of drug-likeness (QED) is 0.622. The van der Waals surface area contributed by atoms with E-state index >= 15 is 0 Å². The van der Waals surface area contributed by atoms with Crippen LogP contribution in [-0.2, 0) is 4.74 Å². The van der Waals surface area contributed by atoms with E-state index in [2.05, 4.69) is 4.90 Å². The lowest BCUT2D eigenvalue weighted by Crippen LogP contribution is -2.45. The van der Waals surface area contributed by atoms with Crippen molar-refractivity contribution in [2.24, 2.45) is 5.73 Å². The maximum absolute atomic E-state index is 9.56. The van der Waals surface area contributed by atoms with Gasteiger partial charge in [0.15, 0.2) is 0 Å². The van der Waals surface area contributed by atoms with E-state index in [1.54, 1.807) is 0 Å². The van der Waals surface area contributed by atoms with Crippen molar-refractivity contribution < 1.29 is 9.84 Å². The van der Waals surface area contributed by atoms with Crippen LogP contribution in [0.2, 0.25) is 0 Å². The number of nitrogens with two attached hydrogens (primary N) is 1. The molecule has 0 amide bonds. The van der Waals surface area contributed by atoms with Crippen molar-refractivity contribution in [2.75, 3.05) is 32.8 Å². The van der Waals surface area contributed by atoms with Crippen molar-refractivity contribution in [1.82, 2.24) is 4.90 Å². The number of aliphatic hydroxyl groups excluding tert-OH is 1. The van der Waals surface area contributed by atoms with Crippen LogP contribution < -0.4 is 5.73 Å². The third-order valence-corrected chi connectivity index (χ3v) is 2.63. The Hall–Kier alpha value is -0.160. The van der Waals surface area contributed by atoms with Gasteiger partial charge in [0, 0.05) is 32.3 Å². The van der Waals surface area contributed by atoms with Crippen LogP contribution in [0.15, 0.2) is 0 Å². The second-order valence-electron chi connectivity index (χ2n) is 3.55. The molecule has 13 heavy (non-hydrogen) atoms. The molecule has 78 valence electrons. The zero-order chi connectivity index (χ0) is 9.68. The Kier molecular flexibility index (Phi) is 4.66. The Morgan fingerprint density at radius 3 is 2.92 bits per heavy atom. The van der Waals surface area contributed by atoms with Gasteiger partial charge in [-0.2, -0.15) is 0 Å². The second-order valence-corrected chi connectivity index (χ2v) is 3.55. The molecule has 1 heterocycles. The van der Waals surface area contributed by atoms with E-state index in [1.165, 1.54) is 0 Å². The lowest BCUT2D eigenvalue weighted by Gasteiger charge is -2.30. The van der Waals surface area contributed by atoms with E-state index in [0.29, 0.717) is 6.54 Å². The molecule has 0 aromatic carbocycles. The van der Waals surface area contributed by atoms with E-state index in [1.807, 2.05) is 6.92 Å². The molecule has 2 atom stereocenters. The summed E-state index contributed by atoms with van der Waals surface area (Å²) in [4.78, 5) is 2.24. The molecule has 1 aliphatic heterocycles. The maximum Gasteiger partial charge on any atom is 0.0814 e. The number of aliphatic hydroxyl groups is 1. The standard InChI is InChI=1S/C9H20N2O2/c1-8(9(12)7-10)11-3-2-5-13-6-4-11/h8-9,12H,2-7,10H2,1H3. The van der Waals surface area contributed by atoms with Crippen LogP contribution in [0.4, 0.5) is 0 Å². The molecule has 1 rings (SSSR count). The predicted octanol–water partition coefficient (Wildman–Crippen LogP) is -0.583. The molecule has 4 heteroatoms. The molecule has 0 aliphatic carbocycles. The van der Waals surface area contributed by atoms with Crippen molar-refractivity contribution in [3.63, 3.8) is 0 Å². The molecule has 0 aromatic rings. The second kappa shape index (κ2) is 5.54. The van der Waals surface area contributed by atoms with Gasteiger partial charge in [-0.1, -0.05) is 0 Å². The zero-order valence-corrected chi connectivity index (χ0v) is 8.28. The normalized spacial score (nSPS) is 25.2. The first-order valence-electron chi connectivity index (χ1n) is 4.95. The summed E-state index contributed by atoms with van der Waals surface area (Å²) in [7, 11) is 0. The van der Waals surface area contributed by atoms with Gasteiger partial charge in [0.1, 0.15) is 0 Å². The number of hydrogen-bond acceptors (Lipinski definition) is 4. The fraction of sp³-hybridized carbons (Fsp3) is 1.00. The van der Waals surface area contributed by atoms with Crippen LogP contribution in [0.3, 0.4) is 0 Å². The van der Waals surface area contributed by atoms with Crippen molar-refractivity contribution in [3.05, 3.63) is 0 Å². The van der Waals surface area contributed by atoms with E-state index in [-0.39, 0.29) is 6.04 Å². The number of ether oxygens (including phenoxy) is 1. The Bertz CT molecular complexity index is 136. The van der Waals surface area contributed by atoms with Gasteiger partial charge in [0.05, 0.1) is 12.7 Å². The highest BCUT2D eigenvalue weighted by Gasteiger charge is 2.21. The van der Waals surface area contributed by atoms with Crippen molar-refractivity contribution in [3.8, 4) is 0 Å². The monoisotopic (exact) mass is 188 g/mol. The van der Waals surface area contributed by atoms with E-state index in [4.69, 9.17) is 10.5 Å². The summed E-state index contributed by atoms with van der Waals surface area (Å²) in [6, 6.07) is 0.145. The highest BCUT2D eigenvalue weighted by atomic mass is 16.5. The average Bonchev–Trinajstić information content (AvgIpc) is 2.43. The minimum absolute atomic E-state index is 0.145. The number of nitrogens with zero attached hydrogens (tertiary/aromatic N) is 1. The average molecular weight is 188 g/mol. The maximum atomic E-state index is 9.56. The Morgan fingerprint density at radius 2 is 2.23 bits per heavy atom. The van der Waals surface area contributed by atoms with Crippen molar-refractivity contribution >= 4 is 0 Å². The van der Waals surface area contributed by atoms with Gasteiger partial charge in [0.2, 0.25) is 0 Å². The summed E-state index contributed by atoms with van der Waals surface area (Å²) >= 11 is 0. The highest BCUT2D eigenvalue weighted by Crippen LogP contribution is 2.07. The van der Waals surface area contributed by atoms with Gasteiger partial charge in [0.25, 0.3) is 0 Å². The molecule has 4 nitrogen and oxygen atoms in total. The fourth-order valence-electron chi connectivity index (χ4n) is 1.61. The van der Waals surface area contributed by atoms with Crippen LogP contribution in [0.5, 0.6) is 0 Å². The van der Waals surface area contributed by atoms with Crippen molar-refractivity contribution in [2.45, 2.75) is 25.5 Å². The molecule has 2 unspecified atom stereocenters. The summed E-state index contributed by atoms with van der Waals surface area (Å²) in [5.74, 6) is 0. The smallest absolute Gasteiger partial charge is 0.0814 e. The molecule has 3 N–H and O–H groups in total. The molecule has 0 saturated carbocycles. The zero-order valence-electron chi connectivity index (χ0n) is 8.28. The van der Waals surface area contributed by atoms with Crippen LogP contribution in [-0.4, -0.2) is 55.0 Å². The van der Waals surface area contributed by atoms with Crippen molar-refractivity contribution in [1.29, 1.82) is 0 Å². The van der Waals surface area contributed by atoms with Crippen LogP contribution in [0, 0.1) is 0 Å². The molecule has 0 radical (unpaired) electrons. The van der Waals surface area contributed by atoms with Crippen LogP contribution >= 0.6 is 0 Å². The van der Waals surface area contributed by atoms with Gasteiger partial charge >= 0.3 is 0 Å². The van der Waals surface area contributed by atoms with Gasteiger partial charge in [-0.05, 0) is 13.3 Å². The van der Waals surface area contributed by atoms with Gasteiger partial charge < -0.3 is 15.6 Å². The lowest BCUT2D eigenvalue weighted by atomic mass is 10.1. The third-order valence-electron chi connectivity index (χ3n) is 2.63. The van der Waals surface area contributed by atoms with Crippen LogP contribution in [0.1, 0.15) is 13.3 Å². The summed E-state index contributed by atoms with van der Waals surface area (Å²) in [6.45, 7) is 5.85. The minimum atomic E-state index is -0.418. The summed E-state index contributed by atoms with van der Waals surface area (Å²) < 4.78 is 5.33. The molecule has 1 saturated heterocycles. The summed E-state index contributed by atoms with van der Waals surface area (Å²) in [5, 5.41) is 9.56. The van der Waals surface area contributed by atoms with E-state index in [0.717, 1.165) is 32.7 Å². The number of hydrogen-bond donors (Lipinski definition) is 2. The van der Waals surface area contributed by atoms with E-state index in [9.17, 15) is 5.11 Å². The molecule has 0 aromatic heterocycles. The molecular weight excluding hydrogens is 168 g/mol. The van der Waals surface area contributed by atoms with Gasteiger partial charge in [-0.3, -0.25) is 4.90 Å². The highest BCUT2D eigenvalue weighted by molar-refractivity contribution is 4.76. The molecular formula is C9H20N2O2. The largest absolute Gasteiger partial charge is 0.390 e. The van der Waals surface area contributed by atoms with Crippen LogP contribution in [0.25, 0.3) is 0 Å². The first-order valence-corrected chi connectivity index (χ1v) is 4.95. The molecule has 1 fully saturated rings.